The second-order valence-corrected chi connectivity index (χ2v) is 6.29. The van der Waals surface area contributed by atoms with Crippen LogP contribution in [-0.4, -0.2) is 20.1 Å². The number of hydrogen-bond donors (Lipinski definition) is 1. The first-order valence-electron chi connectivity index (χ1n) is 8.37. The number of furan rings is 1. The molecule has 0 radical (unpaired) electrons. The fourth-order valence-electron chi connectivity index (χ4n) is 2.79. The Kier molecular flexibility index (Phi) is 5.12. The van der Waals surface area contributed by atoms with Crippen molar-refractivity contribution in [1.29, 1.82) is 0 Å². The van der Waals surface area contributed by atoms with Crippen molar-refractivity contribution in [2.24, 2.45) is 5.92 Å². The van der Waals surface area contributed by atoms with E-state index in [0.29, 0.717) is 29.9 Å². The third kappa shape index (κ3) is 4.24. The molecule has 2 aromatic rings. The van der Waals surface area contributed by atoms with Crippen molar-refractivity contribution in [3.05, 3.63) is 53.5 Å². The van der Waals surface area contributed by atoms with Crippen LogP contribution in [-0.2, 0) is 11.3 Å². The minimum absolute atomic E-state index is 0.192. The van der Waals surface area contributed by atoms with Crippen LogP contribution in [0.3, 0.4) is 0 Å². The van der Waals surface area contributed by atoms with Gasteiger partial charge in [-0.1, -0.05) is 6.92 Å². The zero-order valence-corrected chi connectivity index (χ0v) is 14.7. The predicted octanol–water partition coefficient (Wildman–Crippen LogP) is 3.75. The van der Waals surface area contributed by atoms with Crippen LogP contribution in [0.5, 0.6) is 11.5 Å². The Labute approximate surface area is 147 Å². The van der Waals surface area contributed by atoms with E-state index in [-0.39, 0.29) is 5.91 Å². The molecule has 0 aliphatic heterocycles. The molecular formula is C20H23NO4. The molecule has 1 aromatic carbocycles. The van der Waals surface area contributed by atoms with Crippen LogP contribution in [0, 0.1) is 5.92 Å². The molecule has 132 valence electrons. The molecule has 5 nitrogen and oxygen atoms in total. The molecule has 1 fully saturated rings. The van der Waals surface area contributed by atoms with Gasteiger partial charge < -0.3 is 19.2 Å². The molecule has 1 saturated carbocycles. The number of carbonyl (C=O) groups excluding carboxylic acids is 1. The summed E-state index contributed by atoms with van der Waals surface area (Å²) in [4.78, 5) is 12.0. The first kappa shape index (κ1) is 17.1. The van der Waals surface area contributed by atoms with Gasteiger partial charge in [0.25, 0.3) is 0 Å². The van der Waals surface area contributed by atoms with Gasteiger partial charge in [-0.05, 0) is 48.7 Å². The molecule has 1 aliphatic rings. The number of amides is 1. The first-order chi connectivity index (χ1) is 12.1. The van der Waals surface area contributed by atoms with E-state index in [1.54, 1.807) is 20.3 Å². The van der Waals surface area contributed by atoms with Gasteiger partial charge in [-0.15, -0.1) is 0 Å². The first-order valence-corrected chi connectivity index (χ1v) is 8.37. The fraction of sp³-hybridized carbons (Fsp3) is 0.350. The second-order valence-electron chi connectivity index (χ2n) is 6.29. The van der Waals surface area contributed by atoms with Crippen molar-refractivity contribution in [3.8, 4) is 11.5 Å². The Balaban J connectivity index is 1.56. The van der Waals surface area contributed by atoms with Crippen LogP contribution in [0.25, 0.3) is 6.08 Å². The average Bonchev–Trinajstić information content (AvgIpc) is 3.18. The molecule has 0 saturated heterocycles. The summed E-state index contributed by atoms with van der Waals surface area (Å²) in [5.74, 6) is 4.18. The highest BCUT2D eigenvalue weighted by Crippen LogP contribution is 2.47. The van der Waals surface area contributed by atoms with Crippen LogP contribution >= 0.6 is 0 Å². The lowest BCUT2D eigenvalue weighted by Gasteiger charge is -2.10. The van der Waals surface area contributed by atoms with E-state index in [4.69, 9.17) is 13.9 Å². The summed E-state index contributed by atoms with van der Waals surface area (Å²) in [5, 5.41) is 2.84. The molecule has 2 atom stereocenters. The number of benzene rings is 1. The minimum Gasteiger partial charge on any atom is -0.497 e. The molecule has 25 heavy (non-hydrogen) atoms. The van der Waals surface area contributed by atoms with Crippen LogP contribution < -0.4 is 14.8 Å². The van der Waals surface area contributed by atoms with E-state index in [9.17, 15) is 4.79 Å². The quantitative estimate of drug-likeness (QED) is 0.779. The number of hydrogen-bond acceptors (Lipinski definition) is 4. The zero-order chi connectivity index (χ0) is 17.8. The number of nitrogens with one attached hydrogen (secondary N) is 1. The highest BCUT2D eigenvalue weighted by atomic mass is 16.5. The lowest BCUT2D eigenvalue weighted by Crippen LogP contribution is -2.20. The monoisotopic (exact) mass is 341 g/mol. The molecule has 1 N–H and O–H groups in total. The zero-order valence-electron chi connectivity index (χ0n) is 14.7. The van der Waals surface area contributed by atoms with Crippen molar-refractivity contribution in [3.63, 3.8) is 0 Å². The summed E-state index contributed by atoms with van der Waals surface area (Å²) in [6, 6.07) is 9.37. The molecule has 5 heteroatoms. The molecule has 0 spiro atoms. The van der Waals surface area contributed by atoms with Crippen molar-refractivity contribution >= 4 is 12.0 Å². The molecular weight excluding hydrogens is 318 g/mol. The number of rotatable bonds is 7. The van der Waals surface area contributed by atoms with Crippen molar-refractivity contribution < 1.29 is 18.7 Å². The SMILES string of the molecule is COc1ccc(OC)c(CNC(=O)/C=C/c2ccc(C3CC3C)o2)c1. The van der Waals surface area contributed by atoms with Gasteiger partial charge in [0.1, 0.15) is 23.0 Å². The topological polar surface area (TPSA) is 60.7 Å². The Bertz CT molecular complexity index is 778. The summed E-state index contributed by atoms with van der Waals surface area (Å²) >= 11 is 0. The van der Waals surface area contributed by atoms with E-state index in [2.05, 4.69) is 12.2 Å². The molecule has 1 heterocycles. The molecule has 0 bridgehead atoms. The van der Waals surface area contributed by atoms with Crippen LogP contribution in [0.1, 0.15) is 36.3 Å². The Morgan fingerprint density at radius 2 is 2.08 bits per heavy atom. The van der Waals surface area contributed by atoms with E-state index >= 15 is 0 Å². The van der Waals surface area contributed by atoms with Crippen molar-refractivity contribution in [2.75, 3.05) is 14.2 Å². The summed E-state index contributed by atoms with van der Waals surface area (Å²) < 4.78 is 16.3. The summed E-state index contributed by atoms with van der Waals surface area (Å²) in [5.41, 5.74) is 0.853. The van der Waals surface area contributed by atoms with Gasteiger partial charge in [0.2, 0.25) is 5.91 Å². The van der Waals surface area contributed by atoms with Crippen LogP contribution in [0.2, 0.25) is 0 Å². The van der Waals surface area contributed by atoms with Gasteiger partial charge in [-0.3, -0.25) is 4.79 Å². The highest BCUT2D eigenvalue weighted by molar-refractivity contribution is 5.91. The molecule has 1 amide bonds. The number of methoxy groups -OCH3 is 2. The van der Waals surface area contributed by atoms with Gasteiger partial charge >= 0.3 is 0 Å². The lowest BCUT2D eigenvalue weighted by atomic mass is 10.2. The lowest BCUT2D eigenvalue weighted by molar-refractivity contribution is -0.116. The van der Waals surface area contributed by atoms with Crippen molar-refractivity contribution in [2.45, 2.75) is 25.8 Å². The number of ether oxygens (including phenoxy) is 2. The fourth-order valence-corrected chi connectivity index (χ4v) is 2.79. The third-order valence-electron chi connectivity index (χ3n) is 4.46. The van der Waals surface area contributed by atoms with E-state index < -0.39 is 0 Å². The Morgan fingerprint density at radius 1 is 1.28 bits per heavy atom. The highest BCUT2D eigenvalue weighted by Gasteiger charge is 2.36. The Hall–Kier alpha value is -2.69. The maximum Gasteiger partial charge on any atom is 0.244 e. The molecule has 3 rings (SSSR count). The predicted molar refractivity (Wildman–Crippen MR) is 95.7 cm³/mol. The van der Waals surface area contributed by atoms with Crippen molar-refractivity contribution in [1.82, 2.24) is 5.32 Å². The average molecular weight is 341 g/mol. The summed E-state index contributed by atoms with van der Waals surface area (Å²) in [7, 11) is 3.20. The van der Waals surface area contributed by atoms with E-state index in [0.717, 1.165) is 17.1 Å². The molecule has 1 aliphatic carbocycles. The van der Waals surface area contributed by atoms with Gasteiger partial charge in [0.05, 0.1) is 14.2 Å². The smallest absolute Gasteiger partial charge is 0.244 e. The van der Waals surface area contributed by atoms with Gasteiger partial charge in [0, 0.05) is 24.1 Å². The van der Waals surface area contributed by atoms with Crippen LogP contribution in [0.4, 0.5) is 0 Å². The van der Waals surface area contributed by atoms with Gasteiger partial charge in [0.15, 0.2) is 0 Å². The maximum atomic E-state index is 12.0. The standard InChI is InChI=1S/C20H23NO4/c1-13-10-17(13)19-8-4-15(25-19)6-9-20(22)21-12-14-11-16(23-2)5-7-18(14)24-3/h4-9,11,13,17H,10,12H2,1-3H3,(H,21,22)/b9-6+. The van der Waals surface area contributed by atoms with E-state index in [1.807, 2.05) is 30.3 Å². The molecule has 1 aromatic heterocycles. The molecule has 2 unspecified atom stereocenters. The van der Waals surface area contributed by atoms with E-state index in [1.165, 1.54) is 12.5 Å². The minimum atomic E-state index is -0.192. The van der Waals surface area contributed by atoms with Crippen LogP contribution in [0.15, 0.2) is 40.8 Å². The summed E-state index contributed by atoms with van der Waals surface area (Å²) in [6.45, 7) is 2.57. The largest absolute Gasteiger partial charge is 0.497 e. The van der Waals surface area contributed by atoms with Gasteiger partial charge in [-0.2, -0.15) is 0 Å². The normalized spacial score (nSPS) is 19.0. The van der Waals surface area contributed by atoms with Gasteiger partial charge in [-0.25, -0.2) is 0 Å². The maximum absolute atomic E-state index is 12.0. The second kappa shape index (κ2) is 7.47. The Morgan fingerprint density at radius 3 is 2.76 bits per heavy atom. The third-order valence-corrected chi connectivity index (χ3v) is 4.46. The number of carbonyl (C=O) groups is 1. The summed E-state index contributed by atoms with van der Waals surface area (Å²) in [6.07, 6.45) is 4.35.